The van der Waals surface area contributed by atoms with Crippen LogP contribution in [0.15, 0.2) is 66.7 Å². The average Bonchev–Trinajstić information content (AvgIpc) is 2.87. The van der Waals surface area contributed by atoms with Crippen LogP contribution in [0.1, 0.15) is 52.0 Å². The van der Waals surface area contributed by atoms with E-state index in [1.165, 1.54) is 7.11 Å². The first-order chi connectivity index (χ1) is 17.4. The van der Waals surface area contributed by atoms with Gasteiger partial charge in [-0.3, -0.25) is 9.59 Å². The van der Waals surface area contributed by atoms with Gasteiger partial charge in [0.25, 0.3) is 11.8 Å². The summed E-state index contributed by atoms with van der Waals surface area (Å²) in [4.78, 5) is 27.7. The highest BCUT2D eigenvalue weighted by molar-refractivity contribution is 6.06. The van der Waals surface area contributed by atoms with Gasteiger partial charge in [-0.1, -0.05) is 37.1 Å². The van der Waals surface area contributed by atoms with Crippen molar-refractivity contribution in [3.63, 3.8) is 0 Å². The number of ether oxygens (including phenoxy) is 1. The third-order valence-electron chi connectivity index (χ3n) is 6.47. The highest BCUT2D eigenvalue weighted by Crippen LogP contribution is 2.26. The van der Waals surface area contributed by atoms with Gasteiger partial charge in [-0.15, -0.1) is 0 Å². The molecule has 1 saturated carbocycles. The van der Waals surface area contributed by atoms with Crippen molar-refractivity contribution in [3.05, 3.63) is 95.1 Å². The van der Waals surface area contributed by atoms with Gasteiger partial charge in [-0.05, 0) is 54.8 Å². The molecule has 36 heavy (non-hydrogen) atoms. The molecule has 1 aliphatic carbocycles. The Kier molecular flexibility index (Phi) is 7.95. The predicted octanol–water partition coefficient (Wildman–Crippen LogP) is 5.14. The molecule has 0 aliphatic heterocycles. The van der Waals surface area contributed by atoms with Crippen LogP contribution in [-0.4, -0.2) is 35.9 Å². The molecule has 1 fully saturated rings. The van der Waals surface area contributed by atoms with Crippen LogP contribution >= 0.6 is 0 Å². The predicted molar refractivity (Wildman–Crippen MR) is 134 cm³/mol. The van der Waals surface area contributed by atoms with Gasteiger partial charge >= 0.3 is 0 Å². The number of nitrogens with one attached hydrogen (secondary N) is 1. The summed E-state index contributed by atoms with van der Waals surface area (Å²) in [6, 6.07) is 16.4. The monoisotopic (exact) mass is 493 g/mol. The second-order valence-corrected chi connectivity index (χ2v) is 8.96. The molecule has 4 rings (SSSR count). The second kappa shape index (κ2) is 11.3. The Morgan fingerprint density at radius 1 is 1.00 bits per heavy atom. The molecule has 2 amide bonds. The van der Waals surface area contributed by atoms with Gasteiger partial charge in [-0.2, -0.15) is 0 Å². The first kappa shape index (κ1) is 25.3. The van der Waals surface area contributed by atoms with E-state index < -0.39 is 17.5 Å². The molecule has 3 aromatic rings. The zero-order valence-electron chi connectivity index (χ0n) is 20.0. The summed E-state index contributed by atoms with van der Waals surface area (Å²) in [5.41, 5.74) is 8.11. The standard InChI is InChI=1S/C28H29F2N3O3/c1-36-26-9-5-2-6-23(26)27(34)32-22-12-10-18(11-13-22)17-33(25-8-4-3-7-24(25)31)28(35)19-14-20(29)16-21(30)15-19/h2,5-6,9-16,24-25H,3-4,7-8,17,31H2,1H3,(H,32,34). The van der Waals surface area contributed by atoms with E-state index in [1.807, 2.05) is 0 Å². The summed E-state index contributed by atoms with van der Waals surface area (Å²) < 4.78 is 32.9. The quantitative estimate of drug-likeness (QED) is 0.478. The number of nitrogens with two attached hydrogens (primary N) is 1. The molecule has 0 bridgehead atoms. The minimum Gasteiger partial charge on any atom is -0.496 e. The van der Waals surface area contributed by atoms with Crippen molar-refractivity contribution in [1.29, 1.82) is 0 Å². The average molecular weight is 494 g/mol. The zero-order valence-corrected chi connectivity index (χ0v) is 20.0. The molecule has 1 aliphatic rings. The number of anilines is 1. The largest absolute Gasteiger partial charge is 0.496 e. The fourth-order valence-corrected chi connectivity index (χ4v) is 4.63. The number of methoxy groups -OCH3 is 1. The number of halogens is 2. The van der Waals surface area contributed by atoms with E-state index in [9.17, 15) is 18.4 Å². The number of amides is 2. The van der Waals surface area contributed by atoms with Crippen molar-refractivity contribution in [2.75, 3.05) is 12.4 Å². The fourth-order valence-electron chi connectivity index (χ4n) is 4.63. The van der Waals surface area contributed by atoms with E-state index in [0.29, 0.717) is 17.0 Å². The Labute approximate surface area is 209 Å². The molecule has 0 saturated heterocycles. The van der Waals surface area contributed by atoms with Crippen LogP contribution in [0.2, 0.25) is 0 Å². The smallest absolute Gasteiger partial charge is 0.259 e. The highest BCUT2D eigenvalue weighted by Gasteiger charge is 2.32. The number of rotatable bonds is 7. The Morgan fingerprint density at radius 2 is 1.67 bits per heavy atom. The lowest BCUT2D eigenvalue weighted by Gasteiger charge is -2.38. The third kappa shape index (κ3) is 5.88. The van der Waals surface area contributed by atoms with Crippen LogP contribution in [0.5, 0.6) is 5.75 Å². The van der Waals surface area contributed by atoms with E-state index >= 15 is 0 Å². The Balaban J connectivity index is 1.54. The first-order valence-electron chi connectivity index (χ1n) is 11.9. The minimum atomic E-state index is -0.804. The van der Waals surface area contributed by atoms with E-state index in [-0.39, 0.29) is 30.1 Å². The third-order valence-corrected chi connectivity index (χ3v) is 6.47. The molecular weight excluding hydrogens is 464 g/mol. The van der Waals surface area contributed by atoms with Gasteiger partial charge in [0.2, 0.25) is 0 Å². The maximum atomic E-state index is 13.8. The lowest BCUT2D eigenvalue weighted by atomic mass is 9.89. The topological polar surface area (TPSA) is 84.7 Å². The van der Waals surface area contributed by atoms with Crippen molar-refractivity contribution >= 4 is 17.5 Å². The van der Waals surface area contributed by atoms with Gasteiger partial charge in [0, 0.05) is 35.9 Å². The summed E-state index contributed by atoms with van der Waals surface area (Å²) >= 11 is 0. The van der Waals surface area contributed by atoms with Crippen molar-refractivity contribution in [2.45, 2.75) is 44.3 Å². The number of para-hydroxylation sites is 1. The fraction of sp³-hybridized carbons (Fsp3) is 0.286. The van der Waals surface area contributed by atoms with E-state index in [4.69, 9.17) is 10.5 Å². The summed E-state index contributed by atoms with van der Waals surface area (Å²) in [6.45, 7) is 0.218. The zero-order chi connectivity index (χ0) is 25.7. The Bertz CT molecular complexity index is 1210. The highest BCUT2D eigenvalue weighted by atomic mass is 19.1. The number of carbonyl (C=O) groups excluding carboxylic acids is 2. The van der Waals surface area contributed by atoms with Crippen LogP contribution in [0, 0.1) is 11.6 Å². The van der Waals surface area contributed by atoms with Crippen LogP contribution in [0.4, 0.5) is 14.5 Å². The van der Waals surface area contributed by atoms with Crippen LogP contribution in [-0.2, 0) is 6.54 Å². The molecule has 8 heteroatoms. The number of hydrogen-bond acceptors (Lipinski definition) is 4. The van der Waals surface area contributed by atoms with E-state index in [2.05, 4.69) is 5.32 Å². The van der Waals surface area contributed by atoms with Gasteiger partial charge in [0.1, 0.15) is 17.4 Å². The molecule has 188 valence electrons. The van der Waals surface area contributed by atoms with Crippen LogP contribution < -0.4 is 15.8 Å². The van der Waals surface area contributed by atoms with Gasteiger partial charge in [0.05, 0.1) is 12.7 Å². The summed E-state index contributed by atoms with van der Waals surface area (Å²) in [5.74, 6) is -1.91. The molecule has 0 radical (unpaired) electrons. The number of nitrogens with zero attached hydrogens (tertiary/aromatic N) is 1. The minimum absolute atomic E-state index is 0.0500. The lowest BCUT2D eigenvalue weighted by molar-refractivity contribution is 0.0582. The maximum Gasteiger partial charge on any atom is 0.259 e. The molecule has 2 atom stereocenters. The molecular formula is C28H29F2N3O3. The molecule has 3 N–H and O–H groups in total. The first-order valence-corrected chi connectivity index (χ1v) is 11.9. The molecule has 0 aromatic heterocycles. The maximum absolute atomic E-state index is 13.8. The van der Waals surface area contributed by atoms with E-state index in [1.54, 1.807) is 53.4 Å². The Morgan fingerprint density at radius 3 is 2.33 bits per heavy atom. The lowest BCUT2D eigenvalue weighted by Crippen LogP contribution is -2.51. The molecule has 2 unspecified atom stereocenters. The molecule has 6 nitrogen and oxygen atoms in total. The SMILES string of the molecule is COc1ccccc1C(=O)Nc1ccc(CN(C(=O)c2cc(F)cc(F)c2)C2CCCCC2N)cc1. The second-order valence-electron chi connectivity index (χ2n) is 8.96. The van der Waals surface area contributed by atoms with Crippen LogP contribution in [0.25, 0.3) is 0 Å². The molecule has 3 aromatic carbocycles. The van der Waals surface area contributed by atoms with Crippen molar-refractivity contribution in [3.8, 4) is 5.75 Å². The van der Waals surface area contributed by atoms with Gasteiger partial charge < -0.3 is 20.7 Å². The summed E-state index contributed by atoms with van der Waals surface area (Å²) in [6.07, 6.45) is 3.40. The van der Waals surface area contributed by atoms with Crippen molar-refractivity contribution in [2.24, 2.45) is 5.73 Å². The normalized spacial score (nSPS) is 17.3. The number of benzene rings is 3. The summed E-state index contributed by atoms with van der Waals surface area (Å²) in [7, 11) is 1.50. The number of carbonyl (C=O) groups is 2. The van der Waals surface area contributed by atoms with Gasteiger partial charge in [-0.25, -0.2) is 8.78 Å². The van der Waals surface area contributed by atoms with E-state index in [0.717, 1.165) is 49.4 Å². The molecule has 0 spiro atoms. The summed E-state index contributed by atoms with van der Waals surface area (Å²) in [5, 5.41) is 2.84. The molecule has 0 heterocycles. The van der Waals surface area contributed by atoms with Gasteiger partial charge in [0.15, 0.2) is 0 Å². The van der Waals surface area contributed by atoms with Crippen molar-refractivity contribution < 1.29 is 23.1 Å². The van der Waals surface area contributed by atoms with Crippen molar-refractivity contribution in [1.82, 2.24) is 4.90 Å². The Hall–Kier alpha value is -3.78. The van der Waals surface area contributed by atoms with Crippen LogP contribution in [0.3, 0.4) is 0 Å². The number of hydrogen-bond donors (Lipinski definition) is 2.